The largest absolute Gasteiger partial charge is 0.481 e. The molecule has 0 aliphatic heterocycles. The number of carbonyl (C=O) groups excluding carboxylic acids is 1. The van der Waals surface area contributed by atoms with Crippen molar-refractivity contribution in [1.82, 2.24) is 0 Å². The molecule has 0 aromatic heterocycles. The SMILES string of the molecule is C#Cc1cccc(NC(=O)[C@H](C)Oc2cccc(C(C)C)c2)c1. The topological polar surface area (TPSA) is 38.3 Å². The summed E-state index contributed by atoms with van der Waals surface area (Å²) < 4.78 is 5.74. The van der Waals surface area contributed by atoms with Gasteiger partial charge in [-0.05, 0) is 48.7 Å². The zero-order chi connectivity index (χ0) is 16.8. The highest BCUT2D eigenvalue weighted by molar-refractivity contribution is 5.94. The molecule has 2 aromatic rings. The summed E-state index contributed by atoms with van der Waals surface area (Å²) >= 11 is 0. The molecule has 23 heavy (non-hydrogen) atoms. The molecule has 0 aliphatic rings. The third-order valence-corrected chi connectivity index (χ3v) is 3.50. The maximum absolute atomic E-state index is 12.2. The lowest BCUT2D eigenvalue weighted by molar-refractivity contribution is -0.122. The number of nitrogens with one attached hydrogen (secondary N) is 1. The number of hydrogen-bond acceptors (Lipinski definition) is 2. The maximum atomic E-state index is 12.2. The number of benzene rings is 2. The van der Waals surface area contributed by atoms with Gasteiger partial charge in [0.15, 0.2) is 6.10 Å². The van der Waals surface area contributed by atoms with E-state index < -0.39 is 6.10 Å². The fourth-order valence-electron chi connectivity index (χ4n) is 2.14. The third-order valence-electron chi connectivity index (χ3n) is 3.50. The van der Waals surface area contributed by atoms with Crippen molar-refractivity contribution in [3.63, 3.8) is 0 Å². The fraction of sp³-hybridized carbons (Fsp3) is 0.250. The highest BCUT2D eigenvalue weighted by Gasteiger charge is 2.15. The monoisotopic (exact) mass is 307 g/mol. The van der Waals surface area contributed by atoms with Crippen LogP contribution < -0.4 is 10.1 Å². The molecule has 1 amide bonds. The van der Waals surface area contributed by atoms with Crippen molar-refractivity contribution in [2.75, 3.05) is 5.32 Å². The van der Waals surface area contributed by atoms with Gasteiger partial charge in [0, 0.05) is 11.3 Å². The Morgan fingerprint density at radius 1 is 1.13 bits per heavy atom. The van der Waals surface area contributed by atoms with Crippen LogP contribution in [-0.4, -0.2) is 12.0 Å². The summed E-state index contributed by atoms with van der Waals surface area (Å²) in [6.45, 7) is 5.96. The van der Waals surface area contributed by atoms with Gasteiger partial charge >= 0.3 is 0 Å². The number of rotatable bonds is 5. The predicted molar refractivity (Wildman–Crippen MR) is 93.6 cm³/mol. The van der Waals surface area contributed by atoms with E-state index >= 15 is 0 Å². The summed E-state index contributed by atoms with van der Waals surface area (Å²) in [7, 11) is 0. The molecule has 118 valence electrons. The minimum atomic E-state index is -0.605. The van der Waals surface area contributed by atoms with Crippen molar-refractivity contribution in [2.24, 2.45) is 0 Å². The van der Waals surface area contributed by atoms with Crippen LogP contribution in [0.3, 0.4) is 0 Å². The van der Waals surface area contributed by atoms with Crippen LogP contribution in [-0.2, 0) is 4.79 Å². The first-order valence-corrected chi connectivity index (χ1v) is 7.63. The smallest absolute Gasteiger partial charge is 0.265 e. The summed E-state index contributed by atoms with van der Waals surface area (Å²) in [5.74, 6) is 3.43. The van der Waals surface area contributed by atoms with Crippen LogP contribution in [0.2, 0.25) is 0 Å². The standard InChI is InChI=1S/C20H21NO2/c1-5-16-8-6-10-18(12-16)21-20(22)15(4)23-19-11-7-9-17(13-19)14(2)3/h1,6-15H,2-4H3,(H,21,22)/t15-/m0/s1. The normalized spacial score (nSPS) is 11.6. The van der Waals surface area contributed by atoms with Crippen molar-refractivity contribution in [3.8, 4) is 18.1 Å². The van der Waals surface area contributed by atoms with E-state index in [4.69, 9.17) is 11.2 Å². The molecule has 0 radical (unpaired) electrons. The molecular weight excluding hydrogens is 286 g/mol. The molecule has 0 heterocycles. The minimum absolute atomic E-state index is 0.214. The summed E-state index contributed by atoms with van der Waals surface area (Å²) in [4.78, 5) is 12.2. The molecule has 0 bridgehead atoms. The third kappa shape index (κ3) is 4.62. The average molecular weight is 307 g/mol. The van der Waals surface area contributed by atoms with E-state index in [1.54, 1.807) is 19.1 Å². The Morgan fingerprint density at radius 2 is 1.87 bits per heavy atom. The number of anilines is 1. The lowest BCUT2D eigenvalue weighted by Crippen LogP contribution is -2.30. The van der Waals surface area contributed by atoms with Gasteiger partial charge in [0.25, 0.3) is 5.91 Å². The summed E-state index contributed by atoms with van der Waals surface area (Å²) in [6.07, 6.45) is 4.76. The van der Waals surface area contributed by atoms with Crippen molar-refractivity contribution in [1.29, 1.82) is 0 Å². The van der Waals surface area contributed by atoms with Crippen molar-refractivity contribution < 1.29 is 9.53 Å². The lowest BCUT2D eigenvalue weighted by Gasteiger charge is -2.16. The molecule has 0 saturated carbocycles. The van der Waals surface area contributed by atoms with Crippen LogP contribution in [0.4, 0.5) is 5.69 Å². The van der Waals surface area contributed by atoms with E-state index in [1.807, 2.05) is 36.4 Å². The highest BCUT2D eigenvalue weighted by atomic mass is 16.5. The van der Waals surface area contributed by atoms with Crippen LogP contribution >= 0.6 is 0 Å². The Hall–Kier alpha value is -2.73. The first-order valence-electron chi connectivity index (χ1n) is 7.63. The molecule has 0 spiro atoms. The second-order valence-electron chi connectivity index (χ2n) is 5.70. The van der Waals surface area contributed by atoms with Gasteiger partial charge in [-0.15, -0.1) is 6.42 Å². The molecule has 0 aliphatic carbocycles. The van der Waals surface area contributed by atoms with E-state index in [9.17, 15) is 4.79 Å². The highest BCUT2D eigenvalue weighted by Crippen LogP contribution is 2.21. The van der Waals surface area contributed by atoms with Gasteiger partial charge in [0.1, 0.15) is 5.75 Å². The number of ether oxygens (including phenoxy) is 1. The summed E-state index contributed by atoms with van der Waals surface area (Å²) in [6, 6.07) is 15.0. The number of carbonyl (C=O) groups is 1. The van der Waals surface area contributed by atoms with E-state index in [0.717, 1.165) is 5.56 Å². The van der Waals surface area contributed by atoms with Crippen LogP contribution in [0.15, 0.2) is 48.5 Å². The Balaban J connectivity index is 2.02. The van der Waals surface area contributed by atoms with Crippen LogP contribution in [0.5, 0.6) is 5.75 Å². The average Bonchev–Trinajstić information content (AvgIpc) is 2.55. The van der Waals surface area contributed by atoms with E-state index in [2.05, 4.69) is 25.1 Å². The predicted octanol–water partition coefficient (Wildman–Crippen LogP) is 4.20. The van der Waals surface area contributed by atoms with Crippen molar-refractivity contribution in [3.05, 3.63) is 59.7 Å². The summed E-state index contributed by atoms with van der Waals surface area (Å²) in [5.41, 5.74) is 2.56. The Bertz CT molecular complexity index is 728. The molecule has 2 aromatic carbocycles. The lowest BCUT2D eigenvalue weighted by atomic mass is 10.0. The number of hydrogen-bond donors (Lipinski definition) is 1. The molecule has 0 fully saturated rings. The molecule has 0 saturated heterocycles. The molecule has 1 atom stereocenters. The van der Waals surface area contributed by atoms with Gasteiger partial charge in [-0.2, -0.15) is 0 Å². The first kappa shape index (κ1) is 16.6. The molecule has 3 heteroatoms. The van der Waals surface area contributed by atoms with Gasteiger partial charge in [-0.1, -0.05) is 38.0 Å². The zero-order valence-electron chi connectivity index (χ0n) is 13.7. The fourth-order valence-corrected chi connectivity index (χ4v) is 2.14. The summed E-state index contributed by atoms with van der Waals surface area (Å²) in [5, 5.41) is 2.81. The molecule has 2 rings (SSSR count). The van der Waals surface area contributed by atoms with E-state index in [1.165, 1.54) is 5.56 Å². The number of amides is 1. The van der Waals surface area contributed by atoms with E-state index in [-0.39, 0.29) is 5.91 Å². The number of terminal acetylenes is 1. The Labute approximate surface area is 137 Å². The molecular formula is C20H21NO2. The van der Waals surface area contributed by atoms with Gasteiger partial charge < -0.3 is 10.1 Å². The second-order valence-corrected chi connectivity index (χ2v) is 5.70. The van der Waals surface area contributed by atoms with Crippen molar-refractivity contribution >= 4 is 11.6 Å². The quantitative estimate of drug-likeness (QED) is 0.841. The Morgan fingerprint density at radius 3 is 2.57 bits per heavy atom. The van der Waals surface area contributed by atoms with Gasteiger partial charge in [0.2, 0.25) is 0 Å². The Kier molecular flexibility index (Phi) is 5.43. The zero-order valence-corrected chi connectivity index (χ0v) is 13.7. The second kappa shape index (κ2) is 7.51. The van der Waals surface area contributed by atoms with Gasteiger partial charge in [0.05, 0.1) is 0 Å². The van der Waals surface area contributed by atoms with Crippen LogP contribution in [0.25, 0.3) is 0 Å². The van der Waals surface area contributed by atoms with Crippen molar-refractivity contribution in [2.45, 2.75) is 32.8 Å². The van der Waals surface area contributed by atoms with Crippen LogP contribution in [0, 0.1) is 12.3 Å². The van der Waals surface area contributed by atoms with Gasteiger partial charge in [-0.25, -0.2) is 0 Å². The molecule has 3 nitrogen and oxygen atoms in total. The maximum Gasteiger partial charge on any atom is 0.265 e. The van der Waals surface area contributed by atoms with Gasteiger partial charge in [-0.3, -0.25) is 4.79 Å². The minimum Gasteiger partial charge on any atom is -0.481 e. The first-order chi connectivity index (χ1) is 11.0. The van der Waals surface area contributed by atoms with E-state index in [0.29, 0.717) is 17.4 Å². The molecule has 1 N–H and O–H groups in total. The van der Waals surface area contributed by atoms with Crippen LogP contribution in [0.1, 0.15) is 37.8 Å². The molecule has 0 unspecified atom stereocenters.